The molecule has 0 atom stereocenters. The predicted octanol–water partition coefficient (Wildman–Crippen LogP) is 1.92. The summed E-state index contributed by atoms with van der Waals surface area (Å²) in [5.74, 6) is -0.249. The zero-order valence-corrected chi connectivity index (χ0v) is 13.3. The number of nitrogens with zero attached hydrogens (tertiary/aromatic N) is 1. The van der Waals surface area contributed by atoms with Gasteiger partial charge in [0, 0.05) is 17.6 Å². The lowest BCUT2D eigenvalue weighted by Gasteiger charge is -2.30. The Morgan fingerprint density at radius 1 is 1.40 bits per heavy atom. The van der Waals surface area contributed by atoms with E-state index in [2.05, 4.69) is 20.7 Å². The number of hydrogen-bond donors (Lipinski definition) is 2. The lowest BCUT2D eigenvalue weighted by Crippen LogP contribution is -2.42. The highest BCUT2D eigenvalue weighted by atomic mass is 79.9. The molecule has 1 saturated heterocycles. The summed E-state index contributed by atoms with van der Waals surface area (Å²) in [5, 5.41) is 0. The maximum atomic E-state index is 13.7. The summed E-state index contributed by atoms with van der Waals surface area (Å²) in [5.41, 5.74) is 5.52. The molecule has 0 amide bonds. The van der Waals surface area contributed by atoms with Crippen LogP contribution < -0.4 is 10.5 Å². The summed E-state index contributed by atoms with van der Waals surface area (Å²) in [6.45, 7) is 1.38. The van der Waals surface area contributed by atoms with Gasteiger partial charge < -0.3 is 5.73 Å². The highest BCUT2D eigenvalue weighted by Gasteiger charge is 2.28. The van der Waals surface area contributed by atoms with E-state index in [9.17, 15) is 12.8 Å². The number of rotatable bonds is 4. The number of hydrogen-bond acceptors (Lipinski definition) is 3. The van der Waals surface area contributed by atoms with E-state index in [0.717, 1.165) is 12.8 Å². The average molecular weight is 366 g/mol. The number of anilines is 1. The molecule has 2 rings (SSSR count). The number of halogens is 2. The highest BCUT2D eigenvalue weighted by molar-refractivity contribution is 9.10. The van der Waals surface area contributed by atoms with Crippen molar-refractivity contribution in [3.8, 4) is 0 Å². The molecule has 112 valence electrons. The van der Waals surface area contributed by atoms with Gasteiger partial charge in [-0.3, -0.25) is 4.72 Å². The van der Waals surface area contributed by atoms with E-state index in [-0.39, 0.29) is 5.69 Å². The van der Waals surface area contributed by atoms with Crippen molar-refractivity contribution in [2.24, 2.45) is 11.7 Å². The Balaban J connectivity index is 2.12. The van der Waals surface area contributed by atoms with Crippen molar-refractivity contribution in [3.05, 3.63) is 28.5 Å². The van der Waals surface area contributed by atoms with Crippen molar-refractivity contribution in [1.82, 2.24) is 4.31 Å². The third-order valence-electron chi connectivity index (χ3n) is 3.44. The minimum atomic E-state index is -3.74. The third-order valence-corrected chi connectivity index (χ3v) is 5.61. The Morgan fingerprint density at radius 2 is 2.05 bits per heavy atom. The van der Waals surface area contributed by atoms with Gasteiger partial charge in [0.15, 0.2) is 0 Å². The summed E-state index contributed by atoms with van der Waals surface area (Å²) in [6.07, 6.45) is 1.46. The lowest BCUT2D eigenvalue weighted by molar-refractivity contribution is 0.280. The van der Waals surface area contributed by atoms with Crippen LogP contribution in [0.1, 0.15) is 12.8 Å². The molecule has 0 saturated carbocycles. The minimum absolute atomic E-state index is 0.0616. The molecule has 1 aliphatic heterocycles. The van der Waals surface area contributed by atoms with E-state index in [1.54, 1.807) is 6.07 Å². The molecule has 1 aromatic rings. The minimum Gasteiger partial charge on any atom is -0.330 e. The van der Waals surface area contributed by atoms with Crippen molar-refractivity contribution in [3.63, 3.8) is 0 Å². The van der Waals surface area contributed by atoms with E-state index >= 15 is 0 Å². The summed E-state index contributed by atoms with van der Waals surface area (Å²) in [4.78, 5) is 0. The third kappa shape index (κ3) is 3.49. The van der Waals surface area contributed by atoms with E-state index in [1.165, 1.54) is 16.4 Å². The second-order valence-electron chi connectivity index (χ2n) is 4.78. The van der Waals surface area contributed by atoms with E-state index < -0.39 is 16.0 Å². The van der Waals surface area contributed by atoms with Gasteiger partial charge in [-0.25, -0.2) is 4.39 Å². The molecule has 0 spiro atoms. The molecule has 3 N–H and O–H groups in total. The van der Waals surface area contributed by atoms with Gasteiger partial charge >= 0.3 is 10.2 Å². The van der Waals surface area contributed by atoms with Gasteiger partial charge in [-0.15, -0.1) is 0 Å². The van der Waals surface area contributed by atoms with Crippen molar-refractivity contribution in [1.29, 1.82) is 0 Å². The van der Waals surface area contributed by atoms with Gasteiger partial charge in [-0.05, 0) is 53.4 Å². The standard InChI is InChI=1S/C12H17BrFN3O2S/c13-10-2-1-3-11(14)12(10)16-20(18,19)17-6-4-9(8-15)5-7-17/h1-3,9,16H,4-8,15H2. The van der Waals surface area contributed by atoms with Crippen molar-refractivity contribution < 1.29 is 12.8 Å². The smallest absolute Gasteiger partial charge is 0.301 e. The van der Waals surface area contributed by atoms with Crippen LogP contribution in [-0.2, 0) is 10.2 Å². The SMILES string of the molecule is NCC1CCN(S(=O)(=O)Nc2c(F)cccc2Br)CC1. The predicted molar refractivity (Wildman–Crippen MR) is 80.0 cm³/mol. The molecular formula is C12H17BrFN3O2S. The number of benzene rings is 1. The van der Waals surface area contributed by atoms with Crippen LogP contribution in [0.3, 0.4) is 0 Å². The van der Waals surface area contributed by atoms with Gasteiger partial charge in [0.25, 0.3) is 0 Å². The van der Waals surface area contributed by atoms with E-state index in [4.69, 9.17) is 5.73 Å². The van der Waals surface area contributed by atoms with Crippen molar-refractivity contribution in [2.45, 2.75) is 12.8 Å². The van der Waals surface area contributed by atoms with Gasteiger partial charge in [-0.2, -0.15) is 12.7 Å². The van der Waals surface area contributed by atoms with Gasteiger partial charge in [0.1, 0.15) is 5.82 Å². The number of nitrogens with two attached hydrogens (primary N) is 1. The zero-order chi connectivity index (χ0) is 14.8. The summed E-state index contributed by atoms with van der Waals surface area (Å²) in [7, 11) is -3.74. The second kappa shape index (κ2) is 6.38. The van der Waals surface area contributed by atoms with Crippen LogP contribution in [0, 0.1) is 11.7 Å². The van der Waals surface area contributed by atoms with Gasteiger partial charge in [-0.1, -0.05) is 6.07 Å². The van der Waals surface area contributed by atoms with Gasteiger partial charge in [0.2, 0.25) is 0 Å². The van der Waals surface area contributed by atoms with E-state index in [1.807, 2.05) is 0 Å². The van der Waals surface area contributed by atoms with Gasteiger partial charge in [0.05, 0.1) is 5.69 Å². The van der Waals surface area contributed by atoms with Crippen LogP contribution in [0.15, 0.2) is 22.7 Å². The fourth-order valence-corrected chi connectivity index (χ4v) is 4.03. The molecule has 8 heteroatoms. The molecule has 1 aliphatic rings. The molecule has 5 nitrogen and oxygen atoms in total. The largest absolute Gasteiger partial charge is 0.330 e. The molecule has 1 heterocycles. The topological polar surface area (TPSA) is 75.4 Å². The van der Waals surface area contributed by atoms with Crippen molar-refractivity contribution in [2.75, 3.05) is 24.4 Å². The summed E-state index contributed by atoms with van der Waals surface area (Å²) < 4.78 is 42.2. The first kappa shape index (κ1) is 15.7. The number of nitrogens with one attached hydrogen (secondary N) is 1. The lowest BCUT2D eigenvalue weighted by atomic mass is 9.99. The second-order valence-corrected chi connectivity index (χ2v) is 7.31. The molecule has 0 aliphatic carbocycles. The first-order chi connectivity index (χ1) is 9.44. The number of piperidine rings is 1. The summed E-state index contributed by atoms with van der Waals surface area (Å²) in [6, 6.07) is 4.30. The van der Waals surface area contributed by atoms with Crippen LogP contribution in [0.25, 0.3) is 0 Å². The Morgan fingerprint density at radius 3 is 2.60 bits per heavy atom. The molecule has 20 heavy (non-hydrogen) atoms. The normalized spacial score (nSPS) is 18.1. The van der Waals surface area contributed by atoms with Crippen LogP contribution >= 0.6 is 15.9 Å². The van der Waals surface area contributed by atoms with Crippen LogP contribution in [0.4, 0.5) is 10.1 Å². The van der Waals surface area contributed by atoms with Crippen molar-refractivity contribution >= 4 is 31.8 Å². The Hall–Kier alpha value is -0.700. The van der Waals surface area contributed by atoms with Crippen LogP contribution in [0.2, 0.25) is 0 Å². The highest BCUT2D eigenvalue weighted by Crippen LogP contribution is 2.27. The fraction of sp³-hybridized carbons (Fsp3) is 0.500. The Bertz CT molecular complexity index is 554. The zero-order valence-electron chi connectivity index (χ0n) is 10.9. The molecule has 0 unspecified atom stereocenters. The molecular weight excluding hydrogens is 349 g/mol. The molecule has 0 aromatic heterocycles. The molecule has 0 radical (unpaired) electrons. The molecule has 1 fully saturated rings. The fourth-order valence-electron chi connectivity index (χ4n) is 2.17. The Kier molecular flexibility index (Phi) is 5.00. The monoisotopic (exact) mass is 365 g/mol. The van der Waals surface area contributed by atoms with Crippen LogP contribution in [0.5, 0.6) is 0 Å². The molecule has 0 bridgehead atoms. The summed E-state index contributed by atoms with van der Waals surface area (Å²) >= 11 is 3.14. The Labute approximate surface area is 126 Å². The first-order valence-corrected chi connectivity index (χ1v) is 8.59. The maximum absolute atomic E-state index is 13.7. The molecule has 1 aromatic carbocycles. The van der Waals surface area contributed by atoms with E-state index in [0.29, 0.717) is 30.0 Å². The maximum Gasteiger partial charge on any atom is 0.301 e. The van der Waals surface area contributed by atoms with Crippen LogP contribution in [-0.4, -0.2) is 32.4 Å². The average Bonchev–Trinajstić information content (AvgIpc) is 2.43. The number of para-hydroxylation sites is 1. The quantitative estimate of drug-likeness (QED) is 0.855. The first-order valence-electron chi connectivity index (χ1n) is 6.36.